The summed E-state index contributed by atoms with van der Waals surface area (Å²) < 4.78 is 16.4. The fourth-order valence-electron chi connectivity index (χ4n) is 2.43. The van der Waals surface area contributed by atoms with Gasteiger partial charge in [0, 0.05) is 25.8 Å². The van der Waals surface area contributed by atoms with Crippen LogP contribution in [0.15, 0.2) is 12.1 Å². The van der Waals surface area contributed by atoms with Crippen molar-refractivity contribution in [3.05, 3.63) is 22.7 Å². The van der Waals surface area contributed by atoms with Crippen LogP contribution in [0.25, 0.3) is 0 Å². The minimum absolute atomic E-state index is 0.528. The Kier molecular flexibility index (Phi) is 4.11. The number of rotatable bonds is 3. The van der Waals surface area contributed by atoms with Crippen LogP contribution in [0.5, 0.6) is 11.5 Å². The Morgan fingerprint density at radius 1 is 1.11 bits per heavy atom. The number of fused-ring (bicyclic) bond motifs is 1. The van der Waals surface area contributed by atoms with Gasteiger partial charge in [0.15, 0.2) is 11.5 Å². The summed E-state index contributed by atoms with van der Waals surface area (Å²) in [4.78, 5) is 0. The number of nitrogens with one attached hydrogen (secondary N) is 1. The Balaban J connectivity index is 1.65. The molecular formula is C14H18ClNO3. The quantitative estimate of drug-likeness (QED) is 0.925. The van der Waals surface area contributed by atoms with E-state index in [-0.39, 0.29) is 0 Å². The lowest BCUT2D eigenvalue weighted by Gasteiger charge is -2.24. The molecule has 2 heterocycles. The second-order valence-corrected chi connectivity index (χ2v) is 5.28. The molecule has 0 aliphatic carbocycles. The molecule has 104 valence electrons. The number of ether oxygens (including phenoxy) is 3. The summed E-state index contributed by atoms with van der Waals surface area (Å²) in [7, 11) is 0. The molecule has 0 atom stereocenters. The van der Waals surface area contributed by atoms with E-state index in [0.717, 1.165) is 43.9 Å². The van der Waals surface area contributed by atoms with Crippen LogP contribution in [0, 0.1) is 0 Å². The van der Waals surface area contributed by atoms with Crippen molar-refractivity contribution in [2.24, 2.45) is 0 Å². The molecule has 0 radical (unpaired) electrons. The Morgan fingerprint density at radius 2 is 1.89 bits per heavy atom. The van der Waals surface area contributed by atoms with E-state index in [1.54, 1.807) is 0 Å². The molecule has 0 spiro atoms. The van der Waals surface area contributed by atoms with Crippen LogP contribution in [0.2, 0.25) is 5.02 Å². The largest absolute Gasteiger partial charge is 0.486 e. The predicted molar refractivity (Wildman–Crippen MR) is 73.1 cm³/mol. The van der Waals surface area contributed by atoms with Crippen molar-refractivity contribution < 1.29 is 14.2 Å². The van der Waals surface area contributed by atoms with E-state index in [1.165, 1.54) is 0 Å². The van der Waals surface area contributed by atoms with Gasteiger partial charge in [-0.15, -0.1) is 0 Å². The summed E-state index contributed by atoms with van der Waals surface area (Å²) in [5, 5.41) is 4.16. The molecule has 1 fully saturated rings. The topological polar surface area (TPSA) is 39.7 Å². The summed E-state index contributed by atoms with van der Waals surface area (Å²) in [6.07, 6.45) is 2.14. The molecule has 19 heavy (non-hydrogen) atoms. The smallest absolute Gasteiger partial charge is 0.179 e. The lowest BCUT2D eigenvalue weighted by atomic mass is 10.1. The van der Waals surface area contributed by atoms with Gasteiger partial charge in [0.25, 0.3) is 0 Å². The van der Waals surface area contributed by atoms with Gasteiger partial charge in [-0.2, -0.15) is 0 Å². The molecule has 1 aromatic rings. The fourth-order valence-corrected chi connectivity index (χ4v) is 2.72. The minimum Gasteiger partial charge on any atom is -0.486 e. The summed E-state index contributed by atoms with van der Waals surface area (Å²) in [6.45, 7) is 3.63. The first-order valence-corrected chi connectivity index (χ1v) is 7.10. The molecule has 2 aliphatic heterocycles. The molecule has 5 heteroatoms. The summed E-state index contributed by atoms with van der Waals surface area (Å²) in [5.74, 6) is 1.42. The summed E-state index contributed by atoms with van der Waals surface area (Å²) >= 11 is 6.22. The highest BCUT2D eigenvalue weighted by Crippen LogP contribution is 2.38. The van der Waals surface area contributed by atoms with E-state index >= 15 is 0 Å². The normalized spacial score (nSPS) is 19.4. The van der Waals surface area contributed by atoms with E-state index in [0.29, 0.717) is 30.0 Å². The van der Waals surface area contributed by atoms with Crippen LogP contribution in [-0.4, -0.2) is 32.5 Å². The molecule has 2 aliphatic rings. The average molecular weight is 284 g/mol. The molecule has 0 amide bonds. The van der Waals surface area contributed by atoms with Crippen LogP contribution < -0.4 is 14.8 Å². The van der Waals surface area contributed by atoms with Crippen LogP contribution >= 0.6 is 11.6 Å². The molecule has 1 saturated heterocycles. The second kappa shape index (κ2) is 5.99. The molecule has 0 saturated carbocycles. The van der Waals surface area contributed by atoms with Gasteiger partial charge in [0.2, 0.25) is 0 Å². The van der Waals surface area contributed by atoms with E-state index in [1.807, 2.05) is 12.1 Å². The fraction of sp³-hybridized carbons (Fsp3) is 0.571. The van der Waals surface area contributed by atoms with Gasteiger partial charge in [-0.1, -0.05) is 11.6 Å². The number of halogens is 1. The van der Waals surface area contributed by atoms with Gasteiger partial charge in [-0.3, -0.25) is 0 Å². The third-order valence-electron chi connectivity index (χ3n) is 3.47. The summed E-state index contributed by atoms with van der Waals surface area (Å²) in [6, 6.07) is 4.48. The van der Waals surface area contributed by atoms with Crippen molar-refractivity contribution in [2.75, 3.05) is 26.4 Å². The summed E-state index contributed by atoms with van der Waals surface area (Å²) in [5.41, 5.74) is 1.13. The third kappa shape index (κ3) is 3.14. The van der Waals surface area contributed by atoms with Gasteiger partial charge < -0.3 is 19.5 Å². The monoisotopic (exact) mass is 283 g/mol. The Hall–Kier alpha value is -0.970. The SMILES string of the molecule is Clc1cc(CNC2CCOCC2)cc2c1OCCO2. The van der Waals surface area contributed by atoms with Crippen LogP contribution in [0.3, 0.4) is 0 Å². The molecule has 1 N–H and O–H groups in total. The first-order valence-electron chi connectivity index (χ1n) is 6.72. The van der Waals surface area contributed by atoms with E-state index in [9.17, 15) is 0 Å². The van der Waals surface area contributed by atoms with Crippen LogP contribution in [0.1, 0.15) is 18.4 Å². The average Bonchev–Trinajstić information content (AvgIpc) is 2.46. The zero-order chi connectivity index (χ0) is 13.1. The van der Waals surface area contributed by atoms with Crippen LogP contribution in [-0.2, 0) is 11.3 Å². The molecule has 0 unspecified atom stereocenters. The second-order valence-electron chi connectivity index (χ2n) is 4.87. The molecule has 0 aromatic heterocycles. The first kappa shape index (κ1) is 13.0. The molecule has 1 aromatic carbocycles. The maximum absolute atomic E-state index is 6.22. The zero-order valence-electron chi connectivity index (χ0n) is 10.8. The van der Waals surface area contributed by atoms with Crippen molar-refractivity contribution in [3.8, 4) is 11.5 Å². The van der Waals surface area contributed by atoms with Crippen molar-refractivity contribution in [1.29, 1.82) is 0 Å². The maximum atomic E-state index is 6.22. The number of benzene rings is 1. The number of hydrogen-bond acceptors (Lipinski definition) is 4. The highest BCUT2D eigenvalue weighted by molar-refractivity contribution is 6.32. The van der Waals surface area contributed by atoms with Crippen molar-refractivity contribution in [2.45, 2.75) is 25.4 Å². The third-order valence-corrected chi connectivity index (χ3v) is 3.75. The van der Waals surface area contributed by atoms with Gasteiger partial charge in [0.1, 0.15) is 13.2 Å². The molecular weight excluding hydrogens is 266 g/mol. The van der Waals surface area contributed by atoms with E-state index in [4.69, 9.17) is 25.8 Å². The highest BCUT2D eigenvalue weighted by Gasteiger charge is 2.17. The molecule has 3 rings (SSSR count). The minimum atomic E-state index is 0.528. The predicted octanol–water partition coefficient (Wildman–Crippen LogP) is 2.38. The Bertz CT molecular complexity index is 447. The highest BCUT2D eigenvalue weighted by atomic mass is 35.5. The first-order chi connectivity index (χ1) is 9.33. The van der Waals surface area contributed by atoms with Crippen LogP contribution in [0.4, 0.5) is 0 Å². The van der Waals surface area contributed by atoms with Crippen molar-refractivity contribution in [3.63, 3.8) is 0 Å². The van der Waals surface area contributed by atoms with Gasteiger partial charge in [-0.25, -0.2) is 0 Å². The Labute approximate surface area is 118 Å². The van der Waals surface area contributed by atoms with Gasteiger partial charge in [0.05, 0.1) is 5.02 Å². The van der Waals surface area contributed by atoms with Crippen molar-refractivity contribution in [1.82, 2.24) is 5.32 Å². The lowest BCUT2D eigenvalue weighted by Crippen LogP contribution is -2.34. The molecule has 0 bridgehead atoms. The lowest BCUT2D eigenvalue weighted by molar-refractivity contribution is 0.0776. The van der Waals surface area contributed by atoms with E-state index < -0.39 is 0 Å². The standard InChI is InChI=1S/C14H18ClNO3/c15-12-7-10(8-13-14(12)19-6-5-18-13)9-16-11-1-3-17-4-2-11/h7-8,11,16H,1-6,9H2. The van der Waals surface area contributed by atoms with Gasteiger partial charge >= 0.3 is 0 Å². The zero-order valence-corrected chi connectivity index (χ0v) is 11.5. The maximum Gasteiger partial charge on any atom is 0.179 e. The van der Waals surface area contributed by atoms with Gasteiger partial charge in [-0.05, 0) is 30.5 Å². The van der Waals surface area contributed by atoms with Crippen molar-refractivity contribution >= 4 is 11.6 Å². The Morgan fingerprint density at radius 3 is 2.74 bits per heavy atom. The van der Waals surface area contributed by atoms with E-state index in [2.05, 4.69) is 5.32 Å². The number of hydrogen-bond donors (Lipinski definition) is 1. The molecule has 4 nitrogen and oxygen atoms in total.